The predicted molar refractivity (Wildman–Crippen MR) is 71.3 cm³/mol. The van der Waals surface area contributed by atoms with Crippen LogP contribution in [-0.2, 0) is 7.05 Å². The molecule has 20 heavy (non-hydrogen) atoms. The van der Waals surface area contributed by atoms with Gasteiger partial charge in [0.1, 0.15) is 5.82 Å². The molecule has 1 heterocycles. The maximum absolute atomic E-state index is 13.7. The Bertz CT molecular complexity index is 754. The Hall–Kier alpha value is -1.93. The van der Waals surface area contributed by atoms with Crippen LogP contribution in [0.1, 0.15) is 18.6 Å². The first-order chi connectivity index (χ1) is 9.40. The third-order valence-corrected chi connectivity index (χ3v) is 3.70. The SMILES string of the molecule is C[C@@H](O)c1c(F)cccc1Sc1nc(=O)c(=O)[nH]n1C. The molecule has 2 aromatic rings. The average Bonchev–Trinajstić information content (AvgIpc) is 2.35. The summed E-state index contributed by atoms with van der Waals surface area (Å²) >= 11 is 0.988. The Morgan fingerprint density at radius 3 is 2.80 bits per heavy atom. The summed E-state index contributed by atoms with van der Waals surface area (Å²) in [7, 11) is 1.51. The van der Waals surface area contributed by atoms with Gasteiger partial charge in [-0.15, -0.1) is 0 Å². The van der Waals surface area contributed by atoms with Gasteiger partial charge in [-0.25, -0.2) is 4.39 Å². The first-order valence-electron chi connectivity index (χ1n) is 5.72. The number of nitrogens with one attached hydrogen (secondary N) is 1. The predicted octanol–water partition coefficient (Wildman–Crippen LogP) is 0.812. The number of nitrogens with zero attached hydrogens (tertiary/aromatic N) is 2. The zero-order valence-corrected chi connectivity index (χ0v) is 11.6. The van der Waals surface area contributed by atoms with Gasteiger partial charge in [0.25, 0.3) is 0 Å². The molecular weight excluding hydrogens is 285 g/mol. The zero-order chi connectivity index (χ0) is 14.9. The molecule has 6 nitrogen and oxygen atoms in total. The van der Waals surface area contributed by atoms with E-state index in [4.69, 9.17) is 0 Å². The third kappa shape index (κ3) is 2.81. The molecule has 0 aliphatic rings. The molecule has 0 spiro atoms. The summed E-state index contributed by atoms with van der Waals surface area (Å²) in [6.07, 6.45) is -1.00. The molecule has 0 unspecified atom stereocenters. The Morgan fingerprint density at radius 2 is 2.15 bits per heavy atom. The van der Waals surface area contributed by atoms with Gasteiger partial charge in [0.15, 0.2) is 5.16 Å². The summed E-state index contributed by atoms with van der Waals surface area (Å²) < 4.78 is 15.0. The van der Waals surface area contributed by atoms with Gasteiger partial charge in [-0.1, -0.05) is 6.07 Å². The van der Waals surface area contributed by atoms with E-state index in [9.17, 15) is 19.1 Å². The average molecular weight is 297 g/mol. The number of halogens is 1. The van der Waals surface area contributed by atoms with E-state index in [0.29, 0.717) is 4.90 Å². The van der Waals surface area contributed by atoms with Crippen molar-refractivity contribution in [1.29, 1.82) is 0 Å². The molecule has 0 bridgehead atoms. The molecule has 1 aromatic carbocycles. The van der Waals surface area contributed by atoms with Crippen LogP contribution in [-0.4, -0.2) is 19.9 Å². The van der Waals surface area contributed by atoms with Gasteiger partial charge in [0, 0.05) is 17.5 Å². The molecule has 2 N–H and O–H groups in total. The molecule has 0 saturated heterocycles. The highest BCUT2D eigenvalue weighted by Gasteiger charge is 2.16. The molecule has 0 amide bonds. The maximum Gasteiger partial charge on any atom is 0.339 e. The highest BCUT2D eigenvalue weighted by atomic mass is 32.2. The summed E-state index contributed by atoms with van der Waals surface area (Å²) in [5.74, 6) is -0.542. The molecule has 1 aromatic heterocycles. The minimum absolute atomic E-state index is 0.123. The van der Waals surface area contributed by atoms with Crippen molar-refractivity contribution in [2.24, 2.45) is 7.05 Å². The quantitative estimate of drug-likeness (QED) is 0.819. The van der Waals surface area contributed by atoms with E-state index in [0.717, 1.165) is 11.8 Å². The van der Waals surface area contributed by atoms with Crippen molar-refractivity contribution in [1.82, 2.24) is 14.8 Å². The van der Waals surface area contributed by atoms with Crippen molar-refractivity contribution in [3.05, 3.63) is 50.3 Å². The van der Waals surface area contributed by atoms with E-state index in [-0.39, 0.29) is 10.7 Å². The fourth-order valence-electron chi connectivity index (χ4n) is 1.66. The summed E-state index contributed by atoms with van der Waals surface area (Å²) in [5.41, 5.74) is -1.62. The normalized spacial score (nSPS) is 12.4. The van der Waals surface area contributed by atoms with Crippen molar-refractivity contribution in [3.8, 4) is 0 Å². The highest BCUT2D eigenvalue weighted by Crippen LogP contribution is 2.32. The van der Waals surface area contributed by atoms with Crippen LogP contribution in [0.3, 0.4) is 0 Å². The number of hydrogen-bond donors (Lipinski definition) is 2. The summed E-state index contributed by atoms with van der Waals surface area (Å²) in [6, 6.07) is 4.34. The molecule has 106 valence electrons. The fraction of sp³-hybridized carbons (Fsp3) is 0.250. The Balaban J connectivity index is 2.51. The van der Waals surface area contributed by atoms with E-state index in [1.165, 1.54) is 30.8 Å². The first-order valence-corrected chi connectivity index (χ1v) is 6.53. The van der Waals surface area contributed by atoms with E-state index < -0.39 is 23.0 Å². The minimum atomic E-state index is -1.00. The van der Waals surface area contributed by atoms with Gasteiger partial charge >= 0.3 is 11.1 Å². The second-order valence-electron chi connectivity index (χ2n) is 4.13. The van der Waals surface area contributed by atoms with Gasteiger partial charge in [0.05, 0.1) is 6.10 Å². The van der Waals surface area contributed by atoms with Crippen molar-refractivity contribution < 1.29 is 9.50 Å². The second kappa shape index (κ2) is 5.59. The van der Waals surface area contributed by atoms with Gasteiger partial charge in [0.2, 0.25) is 0 Å². The van der Waals surface area contributed by atoms with Crippen LogP contribution < -0.4 is 11.1 Å². The van der Waals surface area contributed by atoms with Crippen molar-refractivity contribution in [2.45, 2.75) is 23.1 Å². The van der Waals surface area contributed by atoms with Crippen molar-refractivity contribution >= 4 is 11.8 Å². The van der Waals surface area contributed by atoms with Crippen LogP contribution in [0.2, 0.25) is 0 Å². The molecule has 0 radical (unpaired) electrons. The third-order valence-electron chi connectivity index (χ3n) is 2.58. The second-order valence-corrected chi connectivity index (χ2v) is 5.14. The number of H-pyrrole nitrogens is 1. The molecule has 1 atom stereocenters. The molecule has 0 fully saturated rings. The number of hydrogen-bond acceptors (Lipinski definition) is 5. The maximum atomic E-state index is 13.7. The number of benzene rings is 1. The van der Waals surface area contributed by atoms with Crippen LogP contribution in [0.15, 0.2) is 37.8 Å². The number of aryl methyl sites for hydroxylation is 1. The van der Waals surface area contributed by atoms with Gasteiger partial charge in [-0.2, -0.15) is 4.98 Å². The van der Waals surface area contributed by atoms with E-state index in [2.05, 4.69) is 10.1 Å². The largest absolute Gasteiger partial charge is 0.389 e. The van der Waals surface area contributed by atoms with Crippen LogP contribution >= 0.6 is 11.8 Å². The van der Waals surface area contributed by atoms with E-state index >= 15 is 0 Å². The number of aliphatic hydroxyl groups is 1. The van der Waals surface area contributed by atoms with Crippen LogP contribution in [0.4, 0.5) is 4.39 Å². The molecule has 0 aliphatic carbocycles. The van der Waals surface area contributed by atoms with Gasteiger partial charge < -0.3 is 5.11 Å². The minimum Gasteiger partial charge on any atom is -0.389 e. The Kier molecular flexibility index (Phi) is 4.05. The summed E-state index contributed by atoms with van der Waals surface area (Å²) in [5, 5.41) is 12.1. The number of rotatable bonds is 3. The monoisotopic (exact) mass is 297 g/mol. The molecule has 0 saturated carbocycles. The first kappa shape index (κ1) is 14.5. The van der Waals surface area contributed by atoms with Gasteiger partial charge in [-0.3, -0.25) is 19.4 Å². The van der Waals surface area contributed by atoms with Crippen LogP contribution in [0.25, 0.3) is 0 Å². The fourth-order valence-corrected chi connectivity index (χ4v) is 2.69. The van der Waals surface area contributed by atoms with Gasteiger partial charge in [-0.05, 0) is 30.8 Å². The standard InChI is InChI=1S/C12H12FN3O3S/c1-6(17)9-7(13)4-3-5-8(9)20-12-14-10(18)11(19)15-16(12)2/h3-6,17H,1-2H3,(H,15,19)/t6-/m1/s1. The molecule has 0 aliphatic heterocycles. The van der Waals surface area contributed by atoms with E-state index in [1.54, 1.807) is 6.07 Å². The van der Waals surface area contributed by atoms with Crippen LogP contribution in [0, 0.1) is 5.82 Å². The lowest BCUT2D eigenvalue weighted by molar-refractivity contribution is 0.191. The van der Waals surface area contributed by atoms with Crippen molar-refractivity contribution in [2.75, 3.05) is 0 Å². The van der Waals surface area contributed by atoms with Crippen LogP contribution in [0.5, 0.6) is 0 Å². The Morgan fingerprint density at radius 1 is 1.45 bits per heavy atom. The molecular formula is C12H12FN3O3S. The zero-order valence-electron chi connectivity index (χ0n) is 10.8. The van der Waals surface area contributed by atoms with Crippen molar-refractivity contribution in [3.63, 3.8) is 0 Å². The summed E-state index contributed by atoms with van der Waals surface area (Å²) in [4.78, 5) is 26.4. The lowest BCUT2D eigenvalue weighted by Gasteiger charge is -2.13. The topological polar surface area (TPSA) is 88.0 Å². The molecule has 2 rings (SSSR count). The molecule has 8 heteroatoms. The lowest BCUT2D eigenvalue weighted by atomic mass is 10.1. The number of aliphatic hydroxyl groups excluding tert-OH is 1. The lowest BCUT2D eigenvalue weighted by Crippen LogP contribution is -2.33. The number of aromatic amines is 1. The smallest absolute Gasteiger partial charge is 0.339 e. The van der Waals surface area contributed by atoms with E-state index in [1.807, 2.05) is 0 Å². The summed E-state index contributed by atoms with van der Waals surface area (Å²) in [6.45, 7) is 1.45. The Labute approximate surface area is 117 Å². The highest BCUT2D eigenvalue weighted by molar-refractivity contribution is 7.99. The number of aromatic nitrogens is 3.